The molecule has 0 radical (unpaired) electrons. The van der Waals surface area contributed by atoms with Crippen LogP contribution in [0.25, 0.3) is 0 Å². The van der Waals surface area contributed by atoms with Crippen LogP contribution in [0, 0.1) is 11.3 Å². The van der Waals surface area contributed by atoms with Crippen LogP contribution in [-0.2, 0) is 6.18 Å². The molecule has 1 aromatic heterocycles. The van der Waals surface area contributed by atoms with E-state index in [1.165, 1.54) is 0 Å². The molecule has 0 bridgehead atoms. The number of hydrogen-bond acceptors (Lipinski definition) is 4. The maximum atomic E-state index is 12.6. The van der Waals surface area contributed by atoms with Crippen molar-refractivity contribution in [3.05, 3.63) is 53.3 Å². The van der Waals surface area contributed by atoms with Crippen LogP contribution in [0.4, 0.5) is 19.1 Å². The largest absolute Gasteiger partial charge is 0.433 e. The first kappa shape index (κ1) is 14.8. The molecule has 7 heteroatoms. The molecule has 4 nitrogen and oxygen atoms in total. The molecule has 0 aliphatic carbocycles. The number of rotatable bonds is 3. The Morgan fingerprint density at radius 2 is 1.86 bits per heavy atom. The third-order valence-corrected chi connectivity index (χ3v) is 2.83. The number of anilines is 1. The molecule has 0 spiro atoms. The van der Waals surface area contributed by atoms with Crippen molar-refractivity contribution in [2.24, 2.45) is 0 Å². The van der Waals surface area contributed by atoms with Crippen LogP contribution in [0.5, 0.6) is 0 Å². The fraction of sp³-hybridized carbons (Fsp3) is 0.214. The molecule has 2 aromatic rings. The van der Waals surface area contributed by atoms with Crippen LogP contribution in [0.2, 0.25) is 0 Å². The lowest BCUT2D eigenvalue weighted by atomic mass is 10.1. The van der Waals surface area contributed by atoms with E-state index in [0.29, 0.717) is 5.56 Å². The zero-order valence-corrected chi connectivity index (χ0v) is 11.0. The molecule has 0 unspecified atom stereocenters. The second-order valence-electron chi connectivity index (χ2n) is 4.36. The van der Waals surface area contributed by atoms with Gasteiger partial charge in [-0.2, -0.15) is 18.4 Å². The number of nitrogens with zero attached hydrogens (tertiary/aromatic N) is 3. The molecule has 1 atom stereocenters. The van der Waals surface area contributed by atoms with Gasteiger partial charge in [-0.25, -0.2) is 9.97 Å². The van der Waals surface area contributed by atoms with E-state index in [1.54, 1.807) is 31.2 Å². The molecule has 0 saturated carbocycles. The molecule has 1 aromatic carbocycles. The van der Waals surface area contributed by atoms with Crippen molar-refractivity contribution in [1.82, 2.24) is 9.97 Å². The Labute approximate surface area is 119 Å². The van der Waals surface area contributed by atoms with Crippen LogP contribution in [-0.4, -0.2) is 9.97 Å². The van der Waals surface area contributed by atoms with Crippen LogP contribution < -0.4 is 5.32 Å². The summed E-state index contributed by atoms with van der Waals surface area (Å²) in [5, 5.41) is 11.5. The molecule has 1 N–H and O–H groups in total. The van der Waals surface area contributed by atoms with Gasteiger partial charge in [-0.1, -0.05) is 12.1 Å². The van der Waals surface area contributed by atoms with E-state index < -0.39 is 11.9 Å². The van der Waals surface area contributed by atoms with Crippen LogP contribution in [0.3, 0.4) is 0 Å². The highest BCUT2D eigenvalue weighted by atomic mass is 19.4. The van der Waals surface area contributed by atoms with Crippen molar-refractivity contribution in [2.45, 2.75) is 19.1 Å². The van der Waals surface area contributed by atoms with Gasteiger partial charge in [0, 0.05) is 6.20 Å². The number of nitrogens with one attached hydrogen (secondary N) is 1. The normalized spacial score (nSPS) is 12.5. The third-order valence-electron chi connectivity index (χ3n) is 2.83. The molecule has 0 saturated heterocycles. The van der Waals surface area contributed by atoms with Crippen molar-refractivity contribution in [3.63, 3.8) is 0 Å². The molecule has 0 aliphatic heterocycles. The second-order valence-corrected chi connectivity index (χ2v) is 4.36. The molecule has 0 fully saturated rings. The van der Waals surface area contributed by atoms with Gasteiger partial charge in [-0.05, 0) is 30.7 Å². The Morgan fingerprint density at radius 1 is 1.19 bits per heavy atom. The highest BCUT2D eigenvalue weighted by Crippen LogP contribution is 2.28. The summed E-state index contributed by atoms with van der Waals surface area (Å²) in [4.78, 5) is 7.22. The minimum Gasteiger partial charge on any atom is -0.348 e. The van der Waals surface area contributed by atoms with Crippen LogP contribution >= 0.6 is 0 Å². The maximum absolute atomic E-state index is 12.6. The average molecular weight is 292 g/mol. The lowest BCUT2D eigenvalue weighted by Gasteiger charge is -2.15. The van der Waals surface area contributed by atoms with Crippen LogP contribution in [0.15, 0.2) is 36.5 Å². The van der Waals surface area contributed by atoms with Gasteiger partial charge in [-0.3, -0.25) is 0 Å². The number of benzene rings is 1. The first-order valence-corrected chi connectivity index (χ1v) is 6.07. The molecular formula is C14H11F3N4. The van der Waals surface area contributed by atoms with Crippen molar-refractivity contribution in [3.8, 4) is 6.07 Å². The van der Waals surface area contributed by atoms with Gasteiger partial charge in [0.2, 0.25) is 5.95 Å². The predicted octanol–water partition coefficient (Wildman–Crippen LogP) is 3.54. The molecule has 0 amide bonds. The van der Waals surface area contributed by atoms with Crippen molar-refractivity contribution < 1.29 is 13.2 Å². The molecule has 21 heavy (non-hydrogen) atoms. The quantitative estimate of drug-likeness (QED) is 0.940. The molecule has 0 aliphatic rings. The van der Waals surface area contributed by atoms with Gasteiger partial charge < -0.3 is 5.32 Å². The third kappa shape index (κ3) is 3.69. The van der Waals surface area contributed by atoms with Crippen LogP contribution in [0.1, 0.15) is 29.8 Å². The zero-order chi connectivity index (χ0) is 15.5. The van der Waals surface area contributed by atoms with E-state index >= 15 is 0 Å². The summed E-state index contributed by atoms with van der Waals surface area (Å²) in [5.74, 6) is -0.0957. The lowest BCUT2D eigenvalue weighted by Crippen LogP contribution is -2.13. The first-order valence-electron chi connectivity index (χ1n) is 6.07. The van der Waals surface area contributed by atoms with Gasteiger partial charge in [0.25, 0.3) is 0 Å². The van der Waals surface area contributed by atoms with Gasteiger partial charge in [0.05, 0.1) is 17.7 Å². The number of halogens is 3. The van der Waals surface area contributed by atoms with E-state index in [1.807, 2.05) is 6.07 Å². The standard InChI is InChI=1S/C14H11F3N4/c1-9(11-4-2-10(8-18)3-5-11)20-13-19-7-6-12(21-13)14(15,16)17/h2-7,9H,1H3,(H,19,20,21)/t9-/m1/s1. The Bertz CT molecular complexity index is 659. The average Bonchev–Trinajstić information content (AvgIpc) is 2.47. The number of hydrogen-bond donors (Lipinski definition) is 1. The highest BCUT2D eigenvalue weighted by Gasteiger charge is 2.32. The van der Waals surface area contributed by atoms with E-state index in [4.69, 9.17) is 5.26 Å². The van der Waals surface area contributed by atoms with Gasteiger partial charge >= 0.3 is 6.18 Å². The summed E-state index contributed by atoms with van der Waals surface area (Å²) in [7, 11) is 0. The second kappa shape index (κ2) is 5.79. The predicted molar refractivity (Wildman–Crippen MR) is 70.2 cm³/mol. The summed E-state index contributed by atoms with van der Waals surface area (Å²) in [6.45, 7) is 1.77. The fourth-order valence-corrected chi connectivity index (χ4v) is 1.71. The Hall–Kier alpha value is -2.62. The fourth-order valence-electron chi connectivity index (χ4n) is 1.71. The minimum atomic E-state index is -4.50. The summed E-state index contributed by atoms with van der Waals surface area (Å²) < 4.78 is 37.7. The van der Waals surface area contributed by atoms with Gasteiger partial charge in [0.15, 0.2) is 0 Å². The Kier molecular flexibility index (Phi) is 4.08. The molecule has 1 heterocycles. The first-order chi connectivity index (χ1) is 9.90. The Balaban J connectivity index is 2.15. The van der Waals surface area contributed by atoms with E-state index in [2.05, 4.69) is 15.3 Å². The van der Waals surface area contributed by atoms with Crippen molar-refractivity contribution in [2.75, 3.05) is 5.32 Å². The highest BCUT2D eigenvalue weighted by molar-refractivity contribution is 5.36. The molecule has 108 valence electrons. The number of aromatic nitrogens is 2. The summed E-state index contributed by atoms with van der Waals surface area (Å²) in [6, 6.07) is 9.25. The lowest BCUT2D eigenvalue weighted by molar-refractivity contribution is -0.141. The van der Waals surface area contributed by atoms with Gasteiger partial charge in [0.1, 0.15) is 5.69 Å². The maximum Gasteiger partial charge on any atom is 0.433 e. The molecular weight excluding hydrogens is 281 g/mol. The smallest absolute Gasteiger partial charge is 0.348 e. The zero-order valence-electron chi connectivity index (χ0n) is 11.0. The summed E-state index contributed by atoms with van der Waals surface area (Å²) >= 11 is 0. The molecule has 2 rings (SSSR count). The summed E-state index contributed by atoms with van der Waals surface area (Å²) in [6.07, 6.45) is -3.44. The van der Waals surface area contributed by atoms with E-state index in [9.17, 15) is 13.2 Å². The minimum absolute atomic E-state index is 0.0957. The Morgan fingerprint density at radius 3 is 2.43 bits per heavy atom. The number of alkyl halides is 3. The van der Waals surface area contributed by atoms with E-state index in [-0.39, 0.29) is 12.0 Å². The number of nitriles is 1. The van der Waals surface area contributed by atoms with Gasteiger partial charge in [-0.15, -0.1) is 0 Å². The topological polar surface area (TPSA) is 61.6 Å². The van der Waals surface area contributed by atoms with E-state index in [0.717, 1.165) is 17.8 Å². The SMILES string of the molecule is C[C@@H](Nc1nccc(C(F)(F)F)n1)c1ccc(C#N)cc1. The monoisotopic (exact) mass is 292 g/mol. The summed E-state index contributed by atoms with van der Waals surface area (Å²) in [5.41, 5.74) is 0.336. The van der Waals surface area contributed by atoms with Crippen molar-refractivity contribution >= 4 is 5.95 Å². The van der Waals surface area contributed by atoms with Crippen molar-refractivity contribution in [1.29, 1.82) is 5.26 Å².